The maximum absolute atomic E-state index is 13.4. The van der Waals surface area contributed by atoms with Crippen LogP contribution in [0.25, 0.3) is 0 Å². The Morgan fingerprint density at radius 2 is 1.95 bits per heavy atom. The molecular weight excluding hydrogens is 518 g/mol. The zero-order valence-electron chi connectivity index (χ0n) is 20.1. The Kier molecular flexibility index (Phi) is 7.62. The normalized spacial score (nSPS) is 15.5. The van der Waals surface area contributed by atoms with Crippen LogP contribution in [0.1, 0.15) is 27.7 Å². The number of esters is 1. The maximum Gasteiger partial charge on any atom is 0.357 e. The summed E-state index contributed by atoms with van der Waals surface area (Å²) in [4.78, 5) is 67.0. The zero-order chi connectivity index (χ0) is 27.4. The van der Waals surface area contributed by atoms with E-state index >= 15 is 0 Å². The number of rotatable bonds is 9. The summed E-state index contributed by atoms with van der Waals surface area (Å²) in [7, 11) is 2.68. The van der Waals surface area contributed by atoms with Crippen LogP contribution in [0.3, 0.4) is 0 Å². The molecule has 1 aliphatic rings. The first-order valence-electron chi connectivity index (χ1n) is 11.1. The molecule has 1 saturated heterocycles. The van der Waals surface area contributed by atoms with Crippen molar-refractivity contribution in [2.75, 3.05) is 19.5 Å². The first-order chi connectivity index (χ1) is 18.2. The van der Waals surface area contributed by atoms with E-state index in [1.165, 1.54) is 37.8 Å². The van der Waals surface area contributed by atoms with Gasteiger partial charge in [0, 0.05) is 23.9 Å². The number of ether oxygens (including phenoxy) is 2. The molecule has 2 unspecified atom stereocenters. The Bertz CT molecular complexity index is 1410. The molecule has 13 nitrogen and oxygen atoms in total. The van der Waals surface area contributed by atoms with Crippen molar-refractivity contribution in [2.45, 2.75) is 18.5 Å². The number of benzene rings is 2. The molecule has 2 atom stereocenters. The van der Waals surface area contributed by atoms with E-state index in [4.69, 9.17) is 4.74 Å². The van der Waals surface area contributed by atoms with Gasteiger partial charge in [0.15, 0.2) is 10.8 Å². The van der Waals surface area contributed by atoms with Crippen molar-refractivity contribution >= 4 is 46.0 Å². The smallest absolute Gasteiger partial charge is 0.357 e. The van der Waals surface area contributed by atoms with Crippen LogP contribution in [0.15, 0.2) is 53.9 Å². The summed E-state index contributed by atoms with van der Waals surface area (Å²) in [5.41, 5.74) is 0.584. The van der Waals surface area contributed by atoms with Crippen molar-refractivity contribution in [3.63, 3.8) is 0 Å². The minimum Gasteiger partial charge on any atom is -0.497 e. The van der Waals surface area contributed by atoms with E-state index in [1.54, 1.807) is 30.3 Å². The predicted octanol–water partition coefficient (Wildman–Crippen LogP) is 2.69. The summed E-state index contributed by atoms with van der Waals surface area (Å²) < 4.78 is 9.74. The lowest BCUT2D eigenvalue weighted by Gasteiger charge is -2.24. The van der Waals surface area contributed by atoms with Crippen molar-refractivity contribution in [3.8, 4) is 5.75 Å². The molecule has 1 aliphatic heterocycles. The van der Waals surface area contributed by atoms with Crippen molar-refractivity contribution in [1.29, 1.82) is 0 Å². The number of aromatic nitrogens is 1. The first-order valence-corrected chi connectivity index (χ1v) is 12.0. The van der Waals surface area contributed by atoms with Gasteiger partial charge < -0.3 is 20.1 Å². The van der Waals surface area contributed by atoms with Gasteiger partial charge in [-0.15, -0.1) is 11.3 Å². The fraction of sp³-hybridized carbons (Fsp3) is 0.208. The van der Waals surface area contributed by atoms with Gasteiger partial charge in [-0.25, -0.2) is 19.5 Å². The quantitative estimate of drug-likeness (QED) is 0.180. The highest BCUT2D eigenvalue weighted by atomic mass is 32.1. The largest absolute Gasteiger partial charge is 0.497 e. The first kappa shape index (κ1) is 26.2. The van der Waals surface area contributed by atoms with Gasteiger partial charge in [0.25, 0.3) is 11.6 Å². The fourth-order valence-electron chi connectivity index (χ4n) is 3.85. The predicted molar refractivity (Wildman–Crippen MR) is 134 cm³/mol. The minimum atomic E-state index is -1.39. The molecule has 196 valence electrons. The van der Waals surface area contributed by atoms with E-state index in [-0.39, 0.29) is 22.9 Å². The number of urea groups is 1. The van der Waals surface area contributed by atoms with E-state index in [1.807, 2.05) is 0 Å². The second kappa shape index (κ2) is 11.0. The Hall–Kier alpha value is -4.85. The third-order valence-electron chi connectivity index (χ3n) is 5.71. The second-order valence-electron chi connectivity index (χ2n) is 8.03. The third-order valence-corrected chi connectivity index (χ3v) is 6.47. The summed E-state index contributed by atoms with van der Waals surface area (Å²) in [5, 5.41) is 17.8. The standard InChI is InChI=1S/C24H21N5O8S/c1-36-16-8-6-14(7-9-16)19-21(31)28(24(33)26-19)18(11-13-4-3-5-15(10-13)29(34)35)20(30)27-23-25-17(12-38-23)22(32)37-2/h3-10,12,18-19H,11H2,1-2H3,(H,26,33)(H,25,27,30). The van der Waals surface area contributed by atoms with Crippen molar-refractivity contribution in [3.05, 3.63) is 80.8 Å². The molecule has 2 N–H and O–H groups in total. The lowest BCUT2D eigenvalue weighted by Crippen LogP contribution is -2.49. The Labute approximate surface area is 219 Å². The SMILES string of the molecule is COC(=O)c1csc(NC(=O)C(Cc2cccc([N+](=O)[O-])c2)N2C(=O)NC(c3ccc(OC)cc3)C2=O)n1. The Morgan fingerprint density at radius 1 is 1.21 bits per heavy atom. The van der Waals surface area contributed by atoms with Crippen LogP contribution >= 0.6 is 11.3 Å². The summed E-state index contributed by atoms with van der Waals surface area (Å²) in [6, 6.07) is 8.78. The van der Waals surface area contributed by atoms with Crippen LogP contribution in [-0.2, 0) is 20.7 Å². The fourth-order valence-corrected chi connectivity index (χ4v) is 4.53. The number of methoxy groups -OCH3 is 2. The van der Waals surface area contributed by atoms with Gasteiger partial charge in [0.05, 0.1) is 19.1 Å². The zero-order valence-corrected chi connectivity index (χ0v) is 20.9. The van der Waals surface area contributed by atoms with Crippen LogP contribution in [0.5, 0.6) is 5.75 Å². The highest BCUT2D eigenvalue weighted by Crippen LogP contribution is 2.28. The number of anilines is 1. The number of amides is 4. The van der Waals surface area contributed by atoms with E-state index in [0.717, 1.165) is 16.2 Å². The van der Waals surface area contributed by atoms with Gasteiger partial charge in [-0.3, -0.25) is 19.7 Å². The average molecular weight is 540 g/mol. The number of carbonyl (C=O) groups is 4. The van der Waals surface area contributed by atoms with Crippen LogP contribution in [0.4, 0.5) is 15.6 Å². The summed E-state index contributed by atoms with van der Waals surface area (Å²) in [5.74, 6) is -1.60. The van der Waals surface area contributed by atoms with Gasteiger partial charge in [-0.05, 0) is 23.3 Å². The number of thiazole rings is 1. The number of nitro groups is 1. The number of hydrogen-bond acceptors (Lipinski definition) is 10. The highest BCUT2D eigenvalue weighted by molar-refractivity contribution is 7.14. The van der Waals surface area contributed by atoms with Gasteiger partial charge in [-0.2, -0.15) is 0 Å². The van der Waals surface area contributed by atoms with Crippen LogP contribution in [-0.4, -0.2) is 58.9 Å². The molecule has 14 heteroatoms. The number of nitrogens with zero attached hydrogens (tertiary/aromatic N) is 3. The number of hydrogen-bond donors (Lipinski definition) is 2. The lowest BCUT2D eigenvalue weighted by molar-refractivity contribution is -0.384. The molecule has 2 aromatic carbocycles. The molecule has 1 aromatic heterocycles. The second-order valence-corrected chi connectivity index (χ2v) is 8.89. The molecule has 3 aromatic rings. The van der Waals surface area contributed by atoms with Crippen LogP contribution in [0, 0.1) is 10.1 Å². The topological polar surface area (TPSA) is 170 Å². The Morgan fingerprint density at radius 3 is 2.61 bits per heavy atom. The van der Waals surface area contributed by atoms with Crippen molar-refractivity contribution < 1.29 is 33.6 Å². The molecule has 4 amide bonds. The third kappa shape index (κ3) is 5.44. The average Bonchev–Trinajstić information content (AvgIpc) is 3.50. The molecule has 2 heterocycles. The molecular formula is C24H21N5O8S. The van der Waals surface area contributed by atoms with Gasteiger partial charge in [0.2, 0.25) is 5.91 Å². The van der Waals surface area contributed by atoms with E-state index < -0.39 is 40.8 Å². The number of non-ortho nitro benzene ring substituents is 1. The molecule has 0 spiro atoms. The van der Waals surface area contributed by atoms with E-state index in [9.17, 15) is 29.3 Å². The molecule has 1 fully saturated rings. The lowest BCUT2D eigenvalue weighted by atomic mass is 10.0. The highest BCUT2D eigenvalue weighted by Gasteiger charge is 2.45. The monoisotopic (exact) mass is 539 g/mol. The van der Waals surface area contributed by atoms with Crippen molar-refractivity contribution in [1.82, 2.24) is 15.2 Å². The maximum atomic E-state index is 13.4. The minimum absolute atomic E-state index is 0.0300. The van der Waals surface area contributed by atoms with Crippen LogP contribution in [0.2, 0.25) is 0 Å². The Balaban J connectivity index is 1.65. The van der Waals surface area contributed by atoms with Crippen LogP contribution < -0.4 is 15.4 Å². The number of imide groups is 1. The number of carbonyl (C=O) groups excluding carboxylic acids is 4. The molecule has 4 rings (SSSR count). The van der Waals surface area contributed by atoms with Gasteiger partial charge >= 0.3 is 12.0 Å². The van der Waals surface area contributed by atoms with E-state index in [0.29, 0.717) is 16.9 Å². The van der Waals surface area contributed by atoms with Gasteiger partial charge in [-0.1, -0.05) is 24.3 Å². The van der Waals surface area contributed by atoms with Crippen molar-refractivity contribution in [2.24, 2.45) is 0 Å². The van der Waals surface area contributed by atoms with E-state index in [2.05, 4.69) is 20.4 Å². The summed E-state index contributed by atoms with van der Waals surface area (Å²) in [6.07, 6.45) is -0.211. The summed E-state index contributed by atoms with van der Waals surface area (Å²) in [6.45, 7) is 0. The molecule has 38 heavy (non-hydrogen) atoms. The molecule has 0 aliphatic carbocycles. The molecule has 0 radical (unpaired) electrons. The molecule has 0 bridgehead atoms. The summed E-state index contributed by atoms with van der Waals surface area (Å²) >= 11 is 0.948. The number of nitrogens with one attached hydrogen (secondary N) is 2. The number of nitro benzene ring substituents is 1. The van der Waals surface area contributed by atoms with Gasteiger partial charge in [0.1, 0.15) is 17.8 Å². The molecule has 0 saturated carbocycles.